The number of alkyl halides is 3. The van der Waals surface area contributed by atoms with Gasteiger partial charge in [0.15, 0.2) is 0 Å². The van der Waals surface area contributed by atoms with Gasteiger partial charge in [0.2, 0.25) is 0 Å². The second kappa shape index (κ2) is 2.98. The normalized spacial score (nSPS) is 24.2. The molecule has 0 radical (unpaired) electrons. The molecular weight excluding hydrogens is 225 g/mol. The van der Waals surface area contributed by atoms with Crippen molar-refractivity contribution in [3.63, 3.8) is 0 Å². The Labute approximate surface area is 88.5 Å². The van der Waals surface area contributed by atoms with Gasteiger partial charge >= 0.3 is 12.1 Å². The van der Waals surface area contributed by atoms with Gasteiger partial charge in [0, 0.05) is 5.56 Å². The molecule has 16 heavy (non-hydrogen) atoms. The first kappa shape index (κ1) is 10.9. The molecule has 0 aliphatic carbocycles. The predicted octanol–water partition coefficient (Wildman–Crippen LogP) is 1.66. The maximum Gasteiger partial charge on any atom is 0.432 e. The molecule has 1 aliphatic heterocycles. The quantitative estimate of drug-likeness (QED) is 0.546. The first-order valence-electron chi connectivity index (χ1n) is 4.39. The van der Waals surface area contributed by atoms with Crippen molar-refractivity contribution >= 4 is 5.97 Å². The Kier molecular flexibility index (Phi) is 2.03. The Hall–Kier alpha value is -1.56. The lowest BCUT2D eigenvalue weighted by Crippen LogP contribution is -2.47. The molecule has 0 spiro atoms. The zero-order valence-corrected chi connectivity index (χ0v) is 8.13. The molecule has 0 aromatic heterocycles. The fourth-order valence-electron chi connectivity index (χ4n) is 1.57. The van der Waals surface area contributed by atoms with Crippen LogP contribution in [-0.2, 0) is 10.4 Å². The molecule has 1 aromatic rings. The first-order chi connectivity index (χ1) is 7.26. The summed E-state index contributed by atoms with van der Waals surface area (Å²) in [7, 11) is 0. The zero-order valence-electron chi connectivity index (χ0n) is 8.13. The summed E-state index contributed by atoms with van der Waals surface area (Å²) < 4.78 is 42.3. The summed E-state index contributed by atoms with van der Waals surface area (Å²) in [6, 6.07) is 3.69. The number of halogens is 3. The minimum Gasteiger partial charge on any atom is -0.423 e. The average Bonchev–Trinajstić information content (AvgIpc) is 2.38. The fourth-order valence-corrected chi connectivity index (χ4v) is 1.57. The second-order valence-corrected chi connectivity index (χ2v) is 3.60. The van der Waals surface area contributed by atoms with Gasteiger partial charge in [-0.3, -0.25) is 0 Å². The molecule has 1 unspecified atom stereocenters. The van der Waals surface area contributed by atoms with Crippen LogP contribution in [0.4, 0.5) is 13.2 Å². The van der Waals surface area contributed by atoms with Gasteiger partial charge in [-0.25, -0.2) is 4.79 Å². The topological polar surface area (TPSA) is 46.5 Å². The zero-order chi connectivity index (χ0) is 12.1. The van der Waals surface area contributed by atoms with Gasteiger partial charge in [0.05, 0.1) is 0 Å². The largest absolute Gasteiger partial charge is 0.432 e. The first-order valence-corrected chi connectivity index (χ1v) is 4.39. The van der Waals surface area contributed by atoms with Crippen LogP contribution >= 0.6 is 0 Å². The highest BCUT2D eigenvalue weighted by Crippen LogP contribution is 2.48. The summed E-state index contributed by atoms with van der Waals surface area (Å²) in [5, 5.41) is 9.44. The van der Waals surface area contributed by atoms with E-state index in [1.807, 2.05) is 0 Å². The lowest BCUT2D eigenvalue weighted by atomic mass is 9.94. The van der Waals surface area contributed by atoms with Crippen LogP contribution in [0.1, 0.15) is 11.1 Å². The van der Waals surface area contributed by atoms with Crippen LogP contribution in [0.5, 0.6) is 5.75 Å². The van der Waals surface area contributed by atoms with Crippen molar-refractivity contribution in [3.05, 3.63) is 29.3 Å². The van der Waals surface area contributed by atoms with Crippen molar-refractivity contribution in [2.45, 2.75) is 18.7 Å². The molecule has 1 heterocycles. The maximum atomic E-state index is 12.6. The second-order valence-electron chi connectivity index (χ2n) is 3.60. The van der Waals surface area contributed by atoms with Crippen molar-refractivity contribution in [3.8, 4) is 5.75 Å². The molecule has 0 fully saturated rings. The van der Waals surface area contributed by atoms with E-state index in [0.717, 1.165) is 6.07 Å². The minimum absolute atomic E-state index is 0.246. The number of aliphatic hydroxyl groups is 1. The number of ether oxygens (including phenoxy) is 1. The van der Waals surface area contributed by atoms with E-state index in [2.05, 4.69) is 4.74 Å². The molecule has 86 valence electrons. The van der Waals surface area contributed by atoms with E-state index in [1.54, 1.807) is 6.92 Å². The van der Waals surface area contributed by atoms with Crippen molar-refractivity contribution < 1.29 is 27.8 Å². The molecular formula is C10H7F3O3. The molecule has 0 saturated heterocycles. The molecule has 3 nitrogen and oxygen atoms in total. The van der Waals surface area contributed by atoms with Gasteiger partial charge in [0.1, 0.15) is 5.75 Å². The molecule has 0 bridgehead atoms. The van der Waals surface area contributed by atoms with Crippen LogP contribution in [0.15, 0.2) is 18.2 Å². The average molecular weight is 232 g/mol. The summed E-state index contributed by atoms with van der Waals surface area (Å²) in [5.74, 6) is -1.95. The van der Waals surface area contributed by atoms with Crippen molar-refractivity contribution in [1.29, 1.82) is 0 Å². The summed E-state index contributed by atoms with van der Waals surface area (Å²) in [4.78, 5) is 11.1. The highest BCUT2D eigenvalue weighted by Gasteiger charge is 2.66. The van der Waals surface area contributed by atoms with Gasteiger partial charge in [0.25, 0.3) is 5.60 Å². The molecule has 1 N–H and O–H groups in total. The van der Waals surface area contributed by atoms with Gasteiger partial charge < -0.3 is 9.84 Å². The molecule has 0 saturated carbocycles. The summed E-state index contributed by atoms with van der Waals surface area (Å²) in [6.07, 6.45) is -5.09. The van der Waals surface area contributed by atoms with Crippen molar-refractivity contribution in [2.24, 2.45) is 0 Å². The Morgan fingerprint density at radius 3 is 2.56 bits per heavy atom. The van der Waals surface area contributed by atoms with Crippen LogP contribution in [-0.4, -0.2) is 17.3 Å². The van der Waals surface area contributed by atoms with E-state index < -0.39 is 23.3 Å². The lowest BCUT2D eigenvalue weighted by molar-refractivity contribution is -0.258. The lowest BCUT2D eigenvalue weighted by Gasteiger charge is -2.22. The number of carbonyl (C=O) groups is 1. The van der Waals surface area contributed by atoms with E-state index >= 15 is 0 Å². The van der Waals surface area contributed by atoms with Crippen molar-refractivity contribution in [2.75, 3.05) is 0 Å². The molecule has 6 heteroatoms. The Morgan fingerprint density at radius 2 is 2.00 bits per heavy atom. The summed E-state index contributed by atoms with van der Waals surface area (Å²) in [5.41, 5.74) is -3.47. The number of hydrogen-bond acceptors (Lipinski definition) is 3. The molecule has 1 atom stereocenters. The van der Waals surface area contributed by atoms with Gasteiger partial charge in [-0.05, 0) is 18.6 Å². The third kappa shape index (κ3) is 1.23. The maximum absolute atomic E-state index is 12.6. The smallest absolute Gasteiger partial charge is 0.423 e. The van der Waals surface area contributed by atoms with Crippen LogP contribution in [0.3, 0.4) is 0 Å². The number of esters is 1. The fraction of sp³-hybridized carbons (Fsp3) is 0.300. The highest BCUT2D eigenvalue weighted by atomic mass is 19.4. The molecule has 1 aromatic carbocycles. The minimum atomic E-state index is -5.09. The number of carbonyl (C=O) groups excluding carboxylic acids is 1. The van der Waals surface area contributed by atoms with Crippen LogP contribution in [0.2, 0.25) is 0 Å². The Balaban J connectivity index is 2.65. The van der Waals surface area contributed by atoms with E-state index in [4.69, 9.17) is 0 Å². The van der Waals surface area contributed by atoms with Crippen LogP contribution in [0.25, 0.3) is 0 Å². The SMILES string of the molecule is Cc1ccc2c(c1)OC(=O)C2(O)C(F)(F)F. The summed E-state index contributed by atoms with van der Waals surface area (Å²) >= 11 is 0. The number of rotatable bonds is 0. The van der Waals surface area contributed by atoms with Gasteiger partial charge in [-0.15, -0.1) is 0 Å². The third-order valence-corrected chi connectivity index (χ3v) is 2.44. The highest BCUT2D eigenvalue weighted by molar-refractivity contribution is 5.89. The van der Waals surface area contributed by atoms with Crippen LogP contribution < -0.4 is 4.74 Å². The molecule has 0 amide bonds. The van der Waals surface area contributed by atoms with Gasteiger partial charge in [-0.2, -0.15) is 13.2 Å². The predicted molar refractivity (Wildman–Crippen MR) is 46.8 cm³/mol. The van der Waals surface area contributed by atoms with Gasteiger partial charge in [-0.1, -0.05) is 12.1 Å². The van der Waals surface area contributed by atoms with Crippen LogP contribution in [0, 0.1) is 6.92 Å². The summed E-state index contributed by atoms with van der Waals surface area (Å²) in [6.45, 7) is 1.64. The van der Waals surface area contributed by atoms with E-state index in [1.165, 1.54) is 12.1 Å². The molecule has 1 aliphatic rings. The number of benzene rings is 1. The molecule has 2 rings (SSSR count). The number of fused-ring (bicyclic) bond motifs is 1. The van der Waals surface area contributed by atoms with E-state index in [0.29, 0.717) is 5.56 Å². The third-order valence-electron chi connectivity index (χ3n) is 2.44. The number of aryl methyl sites for hydroxylation is 1. The Morgan fingerprint density at radius 1 is 1.38 bits per heavy atom. The van der Waals surface area contributed by atoms with Crippen molar-refractivity contribution in [1.82, 2.24) is 0 Å². The monoisotopic (exact) mass is 232 g/mol. The number of hydrogen-bond donors (Lipinski definition) is 1. The van der Waals surface area contributed by atoms with E-state index in [9.17, 15) is 23.1 Å². The Bertz CT molecular complexity index is 467. The standard InChI is InChI=1S/C10H7F3O3/c1-5-2-3-6-7(4-5)16-8(14)9(6,15)10(11,12)13/h2-4,15H,1H3. The van der Waals surface area contributed by atoms with E-state index in [-0.39, 0.29) is 5.75 Å².